The van der Waals surface area contributed by atoms with Crippen molar-refractivity contribution in [1.29, 1.82) is 0 Å². The number of para-hydroxylation sites is 1. The van der Waals surface area contributed by atoms with E-state index in [4.69, 9.17) is 5.11 Å². The van der Waals surface area contributed by atoms with Gasteiger partial charge in [-0.3, -0.25) is 0 Å². The SMILES string of the molecule is CCC(O)CCNc1cc(C(=O)O)nc2ccccc12. The lowest BCUT2D eigenvalue weighted by atomic mass is 10.1. The third-order valence-electron chi connectivity index (χ3n) is 3.20. The number of aromatic carboxylic acids is 1. The quantitative estimate of drug-likeness (QED) is 0.754. The molecule has 106 valence electrons. The topological polar surface area (TPSA) is 82.5 Å². The fourth-order valence-corrected chi connectivity index (χ4v) is 2.01. The molecule has 0 aliphatic carbocycles. The van der Waals surface area contributed by atoms with Crippen molar-refractivity contribution >= 4 is 22.6 Å². The van der Waals surface area contributed by atoms with Crippen molar-refractivity contribution in [2.75, 3.05) is 11.9 Å². The number of fused-ring (bicyclic) bond motifs is 1. The normalized spacial score (nSPS) is 12.3. The van der Waals surface area contributed by atoms with Crippen LogP contribution in [0.3, 0.4) is 0 Å². The maximum absolute atomic E-state index is 11.1. The Kier molecular flexibility index (Phi) is 4.53. The molecule has 0 fully saturated rings. The van der Waals surface area contributed by atoms with Gasteiger partial charge in [-0.2, -0.15) is 0 Å². The summed E-state index contributed by atoms with van der Waals surface area (Å²) in [5.41, 5.74) is 1.39. The molecular formula is C15H18N2O3. The predicted octanol–water partition coefficient (Wildman–Crippen LogP) is 2.51. The lowest BCUT2D eigenvalue weighted by molar-refractivity contribution is 0.0691. The molecule has 0 bridgehead atoms. The third kappa shape index (κ3) is 3.24. The Bertz CT molecular complexity index is 613. The van der Waals surface area contributed by atoms with Gasteiger partial charge in [0.25, 0.3) is 0 Å². The number of nitrogens with zero attached hydrogens (tertiary/aromatic N) is 1. The highest BCUT2D eigenvalue weighted by molar-refractivity contribution is 5.97. The predicted molar refractivity (Wildman–Crippen MR) is 78.1 cm³/mol. The molecule has 2 aromatic rings. The molecule has 20 heavy (non-hydrogen) atoms. The number of hydrogen-bond donors (Lipinski definition) is 3. The molecule has 0 saturated heterocycles. The van der Waals surface area contributed by atoms with Gasteiger partial charge in [0.2, 0.25) is 0 Å². The smallest absolute Gasteiger partial charge is 0.354 e. The summed E-state index contributed by atoms with van der Waals surface area (Å²) in [5, 5.41) is 22.7. The van der Waals surface area contributed by atoms with E-state index >= 15 is 0 Å². The zero-order valence-electron chi connectivity index (χ0n) is 11.3. The maximum atomic E-state index is 11.1. The number of hydrogen-bond acceptors (Lipinski definition) is 4. The number of carbonyl (C=O) groups is 1. The average molecular weight is 274 g/mol. The van der Waals surface area contributed by atoms with Crippen molar-refractivity contribution in [3.05, 3.63) is 36.0 Å². The summed E-state index contributed by atoms with van der Waals surface area (Å²) in [6.07, 6.45) is 0.990. The van der Waals surface area contributed by atoms with Gasteiger partial charge in [0.15, 0.2) is 5.69 Å². The summed E-state index contributed by atoms with van der Waals surface area (Å²) in [5.74, 6) is -1.05. The van der Waals surface area contributed by atoms with Crippen LogP contribution in [0.15, 0.2) is 30.3 Å². The Labute approximate surface area is 117 Å². The van der Waals surface area contributed by atoms with E-state index in [0.29, 0.717) is 24.9 Å². The van der Waals surface area contributed by atoms with Crippen LogP contribution in [0.25, 0.3) is 10.9 Å². The molecule has 1 atom stereocenters. The number of pyridine rings is 1. The summed E-state index contributed by atoms with van der Waals surface area (Å²) in [4.78, 5) is 15.2. The molecule has 3 N–H and O–H groups in total. The Morgan fingerprint density at radius 1 is 1.40 bits per heavy atom. The molecule has 1 aromatic carbocycles. The van der Waals surface area contributed by atoms with Crippen molar-refractivity contribution in [2.24, 2.45) is 0 Å². The molecular weight excluding hydrogens is 256 g/mol. The average Bonchev–Trinajstić information content (AvgIpc) is 2.46. The Morgan fingerprint density at radius 3 is 2.85 bits per heavy atom. The molecule has 5 nitrogen and oxygen atoms in total. The van der Waals surface area contributed by atoms with E-state index in [0.717, 1.165) is 11.1 Å². The van der Waals surface area contributed by atoms with Gasteiger partial charge in [-0.05, 0) is 25.0 Å². The number of aliphatic hydroxyl groups excluding tert-OH is 1. The molecule has 5 heteroatoms. The Hall–Kier alpha value is -2.14. The highest BCUT2D eigenvalue weighted by atomic mass is 16.4. The molecule has 1 heterocycles. The van der Waals surface area contributed by atoms with Crippen LogP contribution in [0, 0.1) is 0 Å². The van der Waals surface area contributed by atoms with Crippen molar-refractivity contribution in [3.63, 3.8) is 0 Å². The zero-order valence-corrected chi connectivity index (χ0v) is 11.3. The number of aliphatic hydroxyl groups is 1. The van der Waals surface area contributed by atoms with Crippen LogP contribution in [0.4, 0.5) is 5.69 Å². The lowest BCUT2D eigenvalue weighted by Gasteiger charge is -2.12. The van der Waals surface area contributed by atoms with Gasteiger partial charge in [-0.15, -0.1) is 0 Å². The highest BCUT2D eigenvalue weighted by Gasteiger charge is 2.10. The largest absolute Gasteiger partial charge is 0.477 e. The molecule has 2 rings (SSSR count). The van der Waals surface area contributed by atoms with Crippen LogP contribution in [0.1, 0.15) is 30.3 Å². The summed E-state index contributed by atoms with van der Waals surface area (Å²) in [6, 6.07) is 8.92. The zero-order chi connectivity index (χ0) is 14.5. The minimum Gasteiger partial charge on any atom is -0.477 e. The van der Waals surface area contributed by atoms with E-state index in [-0.39, 0.29) is 11.8 Å². The number of nitrogens with one attached hydrogen (secondary N) is 1. The van der Waals surface area contributed by atoms with E-state index < -0.39 is 5.97 Å². The monoisotopic (exact) mass is 274 g/mol. The molecule has 0 spiro atoms. The van der Waals surface area contributed by atoms with Gasteiger partial charge < -0.3 is 15.5 Å². The van der Waals surface area contributed by atoms with Gasteiger partial charge >= 0.3 is 5.97 Å². The van der Waals surface area contributed by atoms with Crippen LogP contribution in [0.5, 0.6) is 0 Å². The van der Waals surface area contributed by atoms with Crippen molar-refractivity contribution in [1.82, 2.24) is 4.98 Å². The number of benzene rings is 1. The van der Waals surface area contributed by atoms with E-state index in [9.17, 15) is 9.90 Å². The van der Waals surface area contributed by atoms with Crippen LogP contribution >= 0.6 is 0 Å². The number of anilines is 1. The van der Waals surface area contributed by atoms with Crippen LogP contribution in [-0.2, 0) is 0 Å². The van der Waals surface area contributed by atoms with Crippen molar-refractivity contribution in [3.8, 4) is 0 Å². The molecule has 1 aromatic heterocycles. The number of aromatic nitrogens is 1. The van der Waals surface area contributed by atoms with Crippen molar-refractivity contribution < 1.29 is 15.0 Å². The van der Waals surface area contributed by atoms with E-state index in [2.05, 4.69) is 10.3 Å². The van der Waals surface area contributed by atoms with Gasteiger partial charge in [0, 0.05) is 17.6 Å². The van der Waals surface area contributed by atoms with Gasteiger partial charge in [-0.1, -0.05) is 25.1 Å². The van der Waals surface area contributed by atoms with Crippen LogP contribution in [0.2, 0.25) is 0 Å². The van der Waals surface area contributed by atoms with Crippen molar-refractivity contribution in [2.45, 2.75) is 25.9 Å². The van der Waals surface area contributed by atoms with E-state index in [1.165, 1.54) is 6.07 Å². The summed E-state index contributed by atoms with van der Waals surface area (Å²) < 4.78 is 0. The first-order valence-corrected chi connectivity index (χ1v) is 6.67. The molecule has 0 aliphatic heterocycles. The highest BCUT2D eigenvalue weighted by Crippen LogP contribution is 2.23. The van der Waals surface area contributed by atoms with Gasteiger partial charge in [-0.25, -0.2) is 9.78 Å². The fraction of sp³-hybridized carbons (Fsp3) is 0.333. The summed E-state index contributed by atoms with van der Waals surface area (Å²) in [6.45, 7) is 2.51. The van der Waals surface area contributed by atoms with Crippen LogP contribution in [-0.4, -0.2) is 33.8 Å². The second kappa shape index (κ2) is 6.34. The van der Waals surface area contributed by atoms with E-state index in [1.54, 1.807) is 6.07 Å². The molecule has 0 amide bonds. The van der Waals surface area contributed by atoms with E-state index in [1.807, 2.05) is 25.1 Å². The van der Waals surface area contributed by atoms with Crippen LogP contribution < -0.4 is 5.32 Å². The minimum atomic E-state index is -1.05. The van der Waals surface area contributed by atoms with Gasteiger partial charge in [0.05, 0.1) is 11.6 Å². The summed E-state index contributed by atoms with van der Waals surface area (Å²) >= 11 is 0. The number of rotatable bonds is 6. The first kappa shape index (κ1) is 14.3. The van der Waals surface area contributed by atoms with Gasteiger partial charge in [0.1, 0.15) is 0 Å². The first-order valence-electron chi connectivity index (χ1n) is 6.67. The molecule has 1 unspecified atom stereocenters. The molecule has 0 aliphatic rings. The minimum absolute atomic E-state index is 0.0160. The first-order chi connectivity index (χ1) is 9.61. The second-order valence-corrected chi connectivity index (χ2v) is 4.65. The lowest BCUT2D eigenvalue weighted by Crippen LogP contribution is -2.13. The standard InChI is InChI=1S/C15H18N2O3/c1-2-10(18)7-8-16-13-9-14(15(19)20)17-12-6-4-3-5-11(12)13/h3-6,9-10,18H,2,7-8H2,1H3,(H,16,17)(H,19,20). The fourth-order valence-electron chi connectivity index (χ4n) is 2.01. The Balaban J connectivity index is 2.28. The Morgan fingerprint density at radius 2 is 2.15 bits per heavy atom. The molecule has 0 radical (unpaired) electrons. The third-order valence-corrected chi connectivity index (χ3v) is 3.20. The molecule has 0 saturated carbocycles. The maximum Gasteiger partial charge on any atom is 0.354 e. The number of carboxylic acid groups (broad SMARTS) is 1. The number of carboxylic acids is 1. The summed E-state index contributed by atoms with van der Waals surface area (Å²) in [7, 11) is 0. The second-order valence-electron chi connectivity index (χ2n) is 4.65.